The van der Waals surface area contributed by atoms with Gasteiger partial charge in [-0.3, -0.25) is 0 Å². The monoisotopic (exact) mass is 246 g/mol. The Balaban J connectivity index is 4.34. The van der Waals surface area contributed by atoms with Crippen LogP contribution in [0.2, 0.25) is 0 Å². The Kier molecular flexibility index (Phi) is 6.57. The summed E-state index contributed by atoms with van der Waals surface area (Å²) in [4.78, 5) is 22.7. The molecule has 0 aromatic heterocycles. The van der Waals surface area contributed by atoms with Crippen LogP contribution >= 0.6 is 0 Å². The number of ether oxygens (including phenoxy) is 2. The van der Waals surface area contributed by atoms with Gasteiger partial charge in [-0.05, 0) is 27.7 Å². The van der Waals surface area contributed by atoms with E-state index in [0.29, 0.717) is 6.54 Å². The highest BCUT2D eigenvalue weighted by molar-refractivity contribution is 5.83. The van der Waals surface area contributed by atoms with Crippen molar-refractivity contribution in [2.24, 2.45) is 0 Å². The Morgan fingerprint density at radius 1 is 1.29 bits per heavy atom. The van der Waals surface area contributed by atoms with Crippen molar-refractivity contribution in [1.82, 2.24) is 10.6 Å². The predicted molar refractivity (Wildman–Crippen MR) is 63.7 cm³/mol. The van der Waals surface area contributed by atoms with E-state index in [1.807, 2.05) is 20.8 Å². The maximum Gasteiger partial charge on any atom is 0.330 e. The summed E-state index contributed by atoms with van der Waals surface area (Å²) in [5, 5.41) is 5.03. The number of nitrogens with one attached hydrogen (secondary N) is 2. The van der Waals surface area contributed by atoms with Crippen molar-refractivity contribution in [3.05, 3.63) is 0 Å². The molecule has 6 heteroatoms. The number of amides is 2. The van der Waals surface area contributed by atoms with E-state index in [-0.39, 0.29) is 12.2 Å². The minimum atomic E-state index is -0.800. The van der Waals surface area contributed by atoms with Gasteiger partial charge in [-0.1, -0.05) is 0 Å². The van der Waals surface area contributed by atoms with E-state index in [9.17, 15) is 9.59 Å². The van der Waals surface area contributed by atoms with Crippen LogP contribution in [0.5, 0.6) is 0 Å². The molecule has 0 fully saturated rings. The number of hydrogen-bond acceptors (Lipinski definition) is 4. The molecule has 0 heterocycles. The molecule has 100 valence electrons. The molecule has 0 aromatic carbocycles. The van der Waals surface area contributed by atoms with Crippen LogP contribution in [0.25, 0.3) is 0 Å². The van der Waals surface area contributed by atoms with Gasteiger partial charge >= 0.3 is 12.0 Å². The normalized spacial score (nSPS) is 12.8. The van der Waals surface area contributed by atoms with Gasteiger partial charge in [0.25, 0.3) is 0 Å². The third kappa shape index (κ3) is 7.57. The Morgan fingerprint density at radius 3 is 2.29 bits per heavy atom. The average Bonchev–Trinajstić information content (AvgIpc) is 2.22. The number of carbonyl (C=O) groups is 2. The summed E-state index contributed by atoms with van der Waals surface area (Å²) >= 11 is 0. The van der Waals surface area contributed by atoms with Gasteiger partial charge in [-0.15, -0.1) is 0 Å². The topological polar surface area (TPSA) is 76.7 Å². The minimum absolute atomic E-state index is 0.0767. The first-order valence-electron chi connectivity index (χ1n) is 5.56. The van der Waals surface area contributed by atoms with Crippen molar-refractivity contribution >= 4 is 12.0 Å². The van der Waals surface area contributed by atoms with E-state index in [2.05, 4.69) is 15.4 Å². The number of rotatable bonds is 5. The van der Waals surface area contributed by atoms with Crippen molar-refractivity contribution in [3.63, 3.8) is 0 Å². The van der Waals surface area contributed by atoms with Gasteiger partial charge in [-0.25, -0.2) is 9.59 Å². The fourth-order valence-electron chi connectivity index (χ4n) is 1.01. The zero-order chi connectivity index (χ0) is 13.5. The van der Waals surface area contributed by atoms with Crippen LogP contribution in [-0.2, 0) is 14.3 Å². The van der Waals surface area contributed by atoms with E-state index in [1.54, 1.807) is 6.92 Å². The van der Waals surface area contributed by atoms with Gasteiger partial charge in [0.05, 0.1) is 19.3 Å². The molecule has 2 amide bonds. The fraction of sp³-hybridized carbons (Fsp3) is 0.818. The highest BCUT2D eigenvalue weighted by Crippen LogP contribution is 2.07. The Morgan fingerprint density at radius 2 is 1.88 bits per heavy atom. The Labute approximate surface area is 102 Å². The summed E-state index contributed by atoms with van der Waals surface area (Å²) in [7, 11) is 1.27. The van der Waals surface area contributed by atoms with Crippen LogP contribution in [-0.4, -0.2) is 43.9 Å². The van der Waals surface area contributed by atoms with Crippen molar-refractivity contribution in [3.8, 4) is 0 Å². The molecule has 0 radical (unpaired) electrons. The van der Waals surface area contributed by atoms with Crippen LogP contribution in [0.15, 0.2) is 0 Å². The summed E-state index contributed by atoms with van der Waals surface area (Å²) < 4.78 is 10.0. The molecule has 0 saturated carbocycles. The first-order valence-corrected chi connectivity index (χ1v) is 5.56. The quantitative estimate of drug-likeness (QED) is 0.699. The highest BCUT2D eigenvalue weighted by Gasteiger charge is 2.24. The predicted octanol–water partition coefficient (Wildman–Crippen LogP) is 0.662. The van der Waals surface area contributed by atoms with Crippen molar-refractivity contribution < 1.29 is 19.1 Å². The minimum Gasteiger partial charge on any atom is -0.467 e. The van der Waals surface area contributed by atoms with Crippen LogP contribution in [0, 0.1) is 0 Å². The number of carbonyl (C=O) groups excluding carboxylic acids is 2. The lowest BCUT2D eigenvalue weighted by molar-refractivity contribution is -0.145. The van der Waals surface area contributed by atoms with Gasteiger partial charge in [-0.2, -0.15) is 0 Å². The van der Waals surface area contributed by atoms with Crippen molar-refractivity contribution in [1.29, 1.82) is 0 Å². The lowest BCUT2D eigenvalue weighted by atomic mass is 10.2. The standard InChI is InChI=1S/C11H22N2O4/c1-6-12-10(15)13-8(9(14)16-5)7-17-11(2,3)4/h8H,6-7H2,1-5H3,(H2,12,13,15). The second kappa shape index (κ2) is 7.11. The lowest BCUT2D eigenvalue weighted by Crippen LogP contribution is -2.49. The smallest absolute Gasteiger partial charge is 0.330 e. The summed E-state index contributed by atoms with van der Waals surface area (Å²) in [6.07, 6.45) is 0. The number of esters is 1. The van der Waals surface area contributed by atoms with E-state index >= 15 is 0 Å². The molecule has 0 aliphatic heterocycles. The highest BCUT2D eigenvalue weighted by atomic mass is 16.5. The summed E-state index contributed by atoms with van der Waals surface area (Å²) in [6, 6.07) is -1.22. The summed E-state index contributed by atoms with van der Waals surface area (Å²) in [5.41, 5.74) is -0.380. The molecule has 0 aliphatic carbocycles. The zero-order valence-electron chi connectivity index (χ0n) is 11.1. The maximum atomic E-state index is 11.4. The van der Waals surface area contributed by atoms with Gasteiger partial charge < -0.3 is 20.1 Å². The Bertz CT molecular complexity index is 261. The van der Waals surface area contributed by atoms with E-state index < -0.39 is 18.0 Å². The molecule has 1 atom stereocenters. The molecule has 6 nitrogen and oxygen atoms in total. The second-order valence-corrected chi connectivity index (χ2v) is 4.50. The first kappa shape index (κ1) is 15.7. The third-order valence-corrected chi connectivity index (χ3v) is 1.81. The van der Waals surface area contributed by atoms with Crippen LogP contribution in [0.1, 0.15) is 27.7 Å². The van der Waals surface area contributed by atoms with E-state index in [1.165, 1.54) is 7.11 Å². The van der Waals surface area contributed by atoms with Gasteiger partial charge in [0.2, 0.25) is 0 Å². The van der Waals surface area contributed by atoms with Crippen LogP contribution < -0.4 is 10.6 Å². The van der Waals surface area contributed by atoms with Gasteiger partial charge in [0.1, 0.15) is 0 Å². The molecule has 0 aliphatic rings. The summed E-state index contributed by atoms with van der Waals surface area (Å²) in [6.45, 7) is 7.96. The molecule has 0 spiro atoms. The molecule has 17 heavy (non-hydrogen) atoms. The molecule has 1 unspecified atom stereocenters. The fourth-order valence-corrected chi connectivity index (χ4v) is 1.01. The van der Waals surface area contributed by atoms with E-state index in [0.717, 1.165) is 0 Å². The van der Waals surface area contributed by atoms with E-state index in [4.69, 9.17) is 4.74 Å². The SMILES string of the molecule is CCNC(=O)NC(COC(C)(C)C)C(=O)OC. The third-order valence-electron chi connectivity index (χ3n) is 1.81. The molecular formula is C11H22N2O4. The summed E-state index contributed by atoms with van der Waals surface area (Å²) in [5.74, 6) is -0.527. The number of urea groups is 1. The zero-order valence-corrected chi connectivity index (χ0v) is 11.1. The van der Waals surface area contributed by atoms with Crippen molar-refractivity contribution in [2.45, 2.75) is 39.3 Å². The molecule has 0 aromatic rings. The number of methoxy groups -OCH3 is 1. The molecule has 2 N–H and O–H groups in total. The van der Waals surface area contributed by atoms with Crippen LogP contribution in [0.3, 0.4) is 0 Å². The molecule has 0 saturated heterocycles. The second-order valence-electron chi connectivity index (χ2n) is 4.50. The maximum absolute atomic E-state index is 11.4. The first-order chi connectivity index (χ1) is 7.80. The molecule has 0 rings (SSSR count). The average molecular weight is 246 g/mol. The van der Waals surface area contributed by atoms with Crippen LogP contribution in [0.4, 0.5) is 4.79 Å². The van der Waals surface area contributed by atoms with Crippen molar-refractivity contribution in [2.75, 3.05) is 20.3 Å². The van der Waals surface area contributed by atoms with Gasteiger partial charge in [0, 0.05) is 6.54 Å². The number of hydrogen-bond donors (Lipinski definition) is 2. The lowest BCUT2D eigenvalue weighted by Gasteiger charge is -2.23. The Hall–Kier alpha value is -1.30. The molecule has 0 bridgehead atoms. The van der Waals surface area contributed by atoms with Gasteiger partial charge in [0.15, 0.2) is 6.04 Å². The molecular weight excluding hydrogens is 224 g/mol. The largest absolute Gasteiger partial charge is 0.467 e.